The van der Waals surface area contributed by atoms with Gasteiger partial charge >= 0.3 is 5.97 Å². The van der Waals surface area contributed by atoms with E-state index in [1.165, 1.54) is 0 Å². The van der Waals surface area contributed by atoms with E-state index in [1.807, 2.05) is 19.1 Å². The van der Waals surface area contributed by atoms with Crippen LogP contribution in [0.3, 0.4) is 0 Å². The minimum absolute atomic E-state index is 0.290. The SMILES string of the molecule is Cc1cccc(Oc2ccc(C[C@H](N)C(=O)O)cc2)n1. The lowest BCUT2D eigenvalue weighted by Gasteiger charge is -2.08. The van der Waals surface area contributed by atoms with Crippen LogP contribution in [0.2, 0.25) is 0 Å². The standard InChI is InChI=1S/C15H16N2O3/c1-10-3-2-4-14(17-10)20-12-7-5-11(6-8-12)9-13(16)15(18)19/h2-8,13H,9,16H2,1H3,(H,18,19)/t13-/m0/s1. The maximum Gasteiger partial charge on any atom is 0.320 e. The molecule has 0 radical (unpaired) electrons. The van der Waals surface area contributed by atoms with E-state index >= 15 is 0 Å². The lowest BCUT2D eigenvalue weighted by Crippen LogP contribution is -2.32. The maximum atomic E-state index is 10.7. The van der Waals surface area contributed by atoms with Crippen molar-refractivity contribution in [3.05, 3.63) is 53.7 Å². The zero-order valence-corrected chi connectivity index (χ0v) is 11.1. The number of aliphatic carboxylic acids is 1. The summed E-state index contributed by atoms with van der Waals surface area (Å²) in [5.74, 6) is 0.171. The van der Waals surface area contributed by atoms with Crippen LogP contribution in [-0.2, 0) is 11.2 Å². The van der Waals surface area contributed by atoms with Gasteiger partial charge in [-0.05, 0) is 37.1 Å². The molecule has 1 heterocycles. The summed E-state index contributed by atoms with van der Waals surface area (Å²) in [6.45, 7) is 1.89. The zero-order chi connectivity index (χ0) is 14.5. The number of carboxylic acids is 1. The van der Waals surface area contributed by atoms with Crippen molar-refractivity contribution in [1.82, 2.24) is 4.98 Å². The third kappa shape index (κ3) is 3.80. The summed E-state index contributed by atoms with van der Waals surface area (Å²) in [7, 11) is 0. The summed E-state index contributed by atoms with van der Waals surface area (Å²) in [5, 5.41) is 8.76. The van der Waals surface area contributed by atoms with Crippen molar-refractivity contribution in [1.29, 1.82) is 0 Å². The number of ether oxygens (including phenoxy) is 1. The Hall–Kier alpha value is -2.40. The molecule has 0 unspecified atom stereocenters. The fourth-order valence-corrected chi connectivity index (χ4v) is 1.73. The molecule has 2 aromatic rings. The number of rotatable bonds is 5. The van der Waals surface area contributed by atoms with E-state index in [0.717, 1.165) is 11.3 Å². The number of pyridine rings is 1. The van der Waals surface area contributed by atoms with Crippen LogP contribution in [0.25, 0.3) is 0 Å². The van der Waals surface area contributed by atoms with Crippen LogP contribution < -0.4 is 10.5 Å². The number of carboxylic acid groups (broad SMARTS) is 1. The number of aryl methyl sites for hydroxylation is 1. The van der Waals surface area contributed by atoms with Crippen LogP contribution in [-0.4, -0.2) is 22.1 Å². The molecule has 104 valence electrons. The van der Waals surface area contributed by atoms with Gasteiger partial charge in [-0.1, -0.05) is 18.2 Å². The Morgan fingerprint density at radius 3 is 2.60 bits per heavy atom. The number of hydrogen-bond acceptors (Lipinski definition) is 4. The Balaban J connectivity index is 2.03. The molecule has 1 aromatic carbocycles. The van der Waals surface area contributed by atoms with Crippen molar-refractivity contribution in [2.45, 2.75) is 19.4 Å². The highest BCUT2D eigenvalue weighted by molar-refractivity contribution is 5.73. The monoisotopic (exact) mass is 272 g/mol. The van der Waals surface area contributed by atoms with Gasteiger partial charge in [-0.25, -0.2) is 4.98 Å². The molecule has 0 bridgehead atoms. The number of hydrogen-bond donors (Lipinski definition) is 2. The van der Waals surface area contributed by atoms with Gasteiger partial charge in [0.25, 0.3) is 0 Å². The zero-order valence-electron chi connectivity index (χ0n) is 11.1. The number of nitrogens with two attached hydrogens (primary N) is 1. The van der Waals surface area contributed by atoms with Gasteiger partial charge in [0.15, 0.2) is 0 Å². The first-order valence-corrected chi connectivity index (χ1v) is 6.23. The van der Waals surface area contributed by atoms with Gasteiger partial charge < -0.3 is 15.6 Å². The van der Waals surface area contributed by atoms with E-state index in [1.54, 1.807) is 30.3 Å². The molecular weight excluding hydrogens is 256 g/mol. The number of aromatic nitrogens is 1. The average Bonchev–Trinajstić information content (AvgIpc) is 2.41. The van der Waals surface area contributed by atoms with E-state index in [9.17, 15) is 4.79 Å². The third-order valence-electron chi connectivity index (χ3n) is 2.78. The smallest absolute Gasteiger partial charge is 0.320 e. The van der Waals surface area contributed by atoms with E-state index in [4.69, 9.17) is 15.6 Å². The van der Waals surface area contributed by atoms with Crippen LogP contribution in [0.4, 0.5) is 0 Å². The van der Waals surface area contributed by atoms with Gasteiger partial charge in [0.2, 0.25) is 5.88 Å². The van der Waals surface area contributed by atoms with Gasteiger partial charge in [0, 0.05) is 11.8 Å². The van der Waals surface area contributed by atoms with Gasteiger partial charge in [-0.2, -0.15) is 0 Å². The van der Waals surface area contributed by atoms with E-state index in [2.05, 4.69) is 4.98 Å². The summed E-state index contributed by atoms with van der Waals surface area (Å²) < 4.78 is 5.61. The average molecular weight is 272 g/mol. The van der Waals surface area contributed by atoms with E-state index < -0.39 is 12.0 Å². The minimum atomic E-state index is -1.01. The fraction of sp³-hybridized carbons (Fsp3) is 0.200. The molecule has 5 nitrogen and oxygen atoms in total. The first-order valence-electron chi connectivity index (χ1n) is 6.23. The summed E-state index contributed by atoms with van der Waals surface area (Å²) in [5.41, 5.74) is 7.22. The van der Waals surface area contributed by atoms with Crippen LogP contribution in [0.15, 0.2) is 42.5 Å². The molecule has 0 saturated carbocycles. The first kappa shape index (κ1) is 14.0. The Morgan fingerprint density at radius 2 is 2.00 bits per heavy atom. The summed E-state index contributed by atoms with van der Waals surface area (Å²) in [4.78, 5) is 14.9. The second kappa shape index (κ2) is 6.16. The molecule has 0 fully saturated rings. The molecule has 1 atom stereocenters. The van der Waals surface area contributed by atoms with Crippen LogP contribution >= 0.6 is 0 Å². The summed E-state index contributed by atoms with van der Waals surface area (Å²) in [6, 6.07) is 11.8. The van der Waals surface area contributed by atoms with Gasteiger partial charge in [-0.15, -0.1) is 0 Å². The molecule has 20 heavy (non-hydrogen) atoms. The predicted octanol–water partition coefficient (Wildman–Crippen LogP) is 2.14. The van der Waals surface area contributed by atoms with Crippen molar-refractivity contribution in [3.8, 4) is 11.6 Å². The lowest BCUT2D eigenvalue weighted by atomic mass is 10.1. The fourth-order valence-electron chi connectivity index (χ4n) is 1.73. The summed E-state index contributed by atoms with van der Waals surface area (Å²) in [6.07, 6.45) is 0.290. The number of nitrogens with zero attached hydrogens (tertiary/aromatic N) is 1. The predicted molar refractivity (Wildman–Crippen MR) is 74.8 cm³/mol. The second-order valence-electron chi connectivity index (χ2n) is 4.51. The molecule has 0 aliphatic carbocycles. The van der Waals surface area contributed by atoms with Crippen LogP contribution in [0, 0.1) is 6.92 Å². The maximum absolute atomic E-state index is 10.7. The van der Waals surface area contributed by atoms with Crippen molar-refractivity contribution in [2.24, 2.45) is 5.73 Å². The molecular formula is C15H16N2O3. The van der Waals surface area contributed by atoms with E-state index in [-0.39, 0.29) is 6.42 Å². The highest BCUT2D eigenvalue weighted by atomic mass is 16.5. The lowest BCUT2D eigenvalue weighted by molar-refractivity contribution is -0.138. The summed E-state index contributed by atoms with van der Waals surface area (Å²) >= 11 is 0. The molecule has 0 saturated heterocycles. The van der Waals surface area contributed by atoms with Crippen molar-refractivity contribution in [3.63, 3.8) is 0 Å². The molecule has 2 rings (SSSR count). The first-order chi connectivity index (χ1) is 9.54. The van der Waals surface area contributed by atoms with Crippen LogP contribution in [0.1, 0.15) is 11.3 Å². The molecule has 0 spiro atoms. The highest BCUT2D eigenvalue weighted by Gasteiger charge is 2.11. The highest BCUT2D eigenvalue weighted by Crippen LogP contribution is 2.20. The Labute approximate surface area is 117 Å². The van der Waals surface area contributed by atoms with Gasteiger partial charge in [0.1, 0.15) is 11.8 Å². The van der Waals surface area contributed by atoms with E-state index in [0.29, 0.717) is 11.6 Å². The number of benzene rings is 1. The van der Waals surface area contributed by atoms with Crippen LogP contribution in [0.5, 0.6) is 11.6 Å². The topological polar surface area (TPSA) is 85.4 Å². The molecule has 0 aliphatic rings. The molecule has 0 amide bonds. The van der Waals surface area contributed by atoms with Crippen molar-refractivity contribution >= 4 is 5.97 Å². The number of carbonyl (C=O) groups is 1. The second-order valence-corrected chi connectivity index (χ2v) is 4.51. The normalized spacial score (nSPS) is 11.9. The Bertz CT molecular complexity index is 596. The van der Waals surface area contributed by atoms with Gasteiger partial charge in [0.05, 0.1) is 0 Å². The van der Waals surface area contributed by atoms with Gasteiger partial charge in [-0.3, -0.25) is 4.79 Å². The minimum Gasteiger partial charge on any atom is -0.480 e. The van der Waals surface area contributed by atoms with Crippen molar-refractivity contribution < 1.29 is 14.6 Å². The molecule has 5 heteroatoms. The molecule has 1 aromatic heterocycles. The molecule has 3 N–H and O–H groups in total. The quantitative estimate of drug-likeness (QED) is 0.871. The third-order valence-corrected chi connectivity index (χ3v) is 2.78. The largest absolute Gasteiger partial charge is 0.480 e. The Kier molecular flexibility index (Phi) is 4.32. The Morgan fingerprint density at radius 1 is 1.30 bits per heavy atom. The van der Waals surface area contributed by atoms with Crippen molar-refractivity contribution in [2.75, 3.05) is 0 Å². The molecule has 0 aliphatic heterocycles.